The van der Waals surface area contributed by atoms with Gasteiger partial charge in [0.2, 0.25) is 0 Å². The molecule has 0 unspecified atom stereocenters. The molecule has 42 valence electrons. The molecule has 0 radical (unpaired) electrons. The normalized spacial score (nSPS) is 9.00. The first-order valence-electron chi connectivity index (χ1n) is 2.00. The van der Waals surface area contributed by atoms with Crippen molar-refractivity contribution in [2.24, 2.45) is 5.73 Å². The Kier molecular flexibility index (Phi) is 1.55. The Labute approximate surface area is 56.4 Å². The van der Waals surface area contributed by atoms with E-state index in [0.717, 1.165) is 5.01 Å². The summed E-state index contributed by atoms with van der Waals surface area (Å²) >= 11 is 6.10. The van der Waals surface area contributed by atoms with E-state index in [0.29, 0.717) is 4.99 Å². The van der Waals surface area contributed by atoms with Crippen LogP contribution in [0.3, 0.4) is 0 Å². The minimum atomic E-state index is 0.375. The van der Waals surface area contributed by atoms with E-state index in [1.807, 2.05) is 5.38 Å². The van der Waals surface area contributed by atoms with Gasteiger partial charge in [-0.3, -0.25) is 0 Å². The standard InChI is InChI=1S/C4H4N2S2/c5-3(7)4-6-1-2-8-4/h1-2H,(H2,5,7). The zero-order valence-electron chi connectivity index (χ0n) is 4.00. The van der Waals surface area contributed by atoms with Gasteiger partial charge in [0.1, 0.15) is 10.00 Å². The fraction of sp³-hybridized carbons (Fsp3) is 0. The smallest absolute Gasteiger partial charge is 0.150 e. The molecule has 0 aliphatic carbocycles. The van der Waals surface area contributed by atoms with Crippen LogP contribution in [0.4, 0.5) is 0 Å². The van der Waals surface area contributed by atoms with E-state index in [-0.39, 0.29) is 0 Å². The van der Waals surface area contributed by atoms with Crippen LogP contribution in [0.15, 0.2) is 11.6 Å². The van der Waals surface area contributed by atoms with E-state index in [1.54, 1.807) is 6.20 Å². The molecule has 0 amide bonds. The second kappa shape index (κ2) is 2.19. The lowest BCUT2D eigenvalue weighted by Crippen LogP contribution is -2.07. The van der Waals surface area contributed by atoms with E-state index in [1.165, 1.54) is 11.3 Å². The van der Waals surface area contributed by atoms with Crippen LogP contribution in [0.5, 0.6) is 0 Å². The Hall–Kier alpha value is -0.480. The summed E-state index contributed by atoms with van der Waals surface area (Å²) in [4.78, 5) is 4.24. The summed E-state index contributed by atoms with van der Waals surface area (Å²) in [5, 5.41) is 2.58. The maximum absolute atomic E-state index is 5.24. The highest BCUT2D eigenvalue weighted by Gasteiger charge is 1.94. The molecule has 0 aromatic carbocycles. The molecule has 0 aliphatic heterocycles. The van der Waals surface area contributed by atoms with Crippen molar-refractivity contribution in [1.82, 2.24) is 4.98 Å². The van der Waals surface area contributed by atoms with Crippen molar-refractivity contribution < 1.29 is 0 Å². The molecule has 0 saturated carbocycles. The maximum Gasteiger partial charge on any atom is 0.150 e. The number of thiocarbonyl (C=S) groups is 1. The van der Waals surface area contributed by atoms with E-state index in [2.05, 4.69) is 17.2 Å². The molecule has 1 aromatic heterocycles. The fourth-order valence-corrected chi connectivity index (χ4v) is 1.03. The van der Waals surface area contributed by atoms with E-state index in [4.69, 9.17) is 5.73 Å². The highest BCUT2D eigenvalue weighted by molar-refractivity contribution is 7.81. The quantitative estimate of drug-likeness (QED) is 0.592. The molecule has 1 rings (SSSR count). The van der Waals surface area contributed by atoms with Gasteiger partial charge in [0.05, 0.1) is 0 Å². The van der Waals surface area contributed by atoms with Crippen molar-refractivity contribution >= 4 is 28.5 Å². The molecule has 0 saturated heterocycles. The Morgan fingerprint density at radius 3 is 2.88 bits per heavy atom. The lowest BCUT2D eigenvalue weighted by atomic mass is 10.7. The van der Waals surface area contributed by atoms with Crippen molar-refractivity contribution in [3.8, 4) is 0 Å². The number of rotatable bonds is 1. The first-order chi connectivity index (χ1) is 3.80. The second-order valence-electron chi connectivity index (χ2n) is 1.20. The van der Waals surface area contributed by atoms with Crippen LogP contribution in [-0.2, 0) is 0 Å². The van der Waals surface area contributed by atoms with Crippen LogP contribution in [0, 0.1) is 0 Å². The summed E-state index contributed by atoms with van der Waals surface area (Å²) in [6.07, 6.45) is 1.68. The number of thiazole rings is 1. The van der Waals surface area contributed by atoms with E-state index in [9.17, 15) is 0 Å². The largest absolute Gasteiger partial charge is 0.387 e. The topological polar surface area (TPSA) is 38.9 Å². The molecule has 1 aromatic rings. The minimum absolute atomic E-state index is 0.375. The molecule has 2 nitrogen and oxygen atoms in total. The van der Waals surface area contributed by atoms with Crippen molar-refractivity contribution in [3.63, 3.8) is 0 Å². The van der Waals surface area contributed by atoms with Gasteiger partial charge < -0.3 is 5.73 Å². The van der Waals surface area contributed by atoms with Gasteiger partial charge in [-0.15, -0.1) is 11.3 Å². The molecule has 0 atom stereocenters. The first-order valence-corrected chi connectivity index (χ1v) is 3.29. The predicted molar refractivity (Wildman–Crippen MR) is 38.0 cm³/mol. The van der Waals surface area contributed by atoms with Crippen molar-refractivity contribution in [1.29, 1.82) is 0 Å². The zero-order valence-corrected chi connectivity index (χ0v) is 5.63. The highest BCUT2D eigenvalue weighted by Crippen LogP contribution is 2.01. The molecule has 8 heavy (non-hydrogen) atoms. The third kappa shape index (κ3) is 1.02. The molecule has 4 heteroatoms. The number of aromatic nitrogens is 1. The third-order valence-electron chi connectivity index (χ3n) is 0.643. The van der Waals surface area contributed by atoms with Crippen molar-refractivity contribution in [2.75, 3.05) is 0 Å². The van der Waals surface area contributed by atoms with E-state index < -0.39 is 0 Å². The van der Waals surface area contributed by atoms with Crippen LogP contribution >= 0.6 is 23.6 Å². The molecule has 0 aliphatic rings. The molecule has 0 spiro atoms. The average Bonchev–Trinajstić information content (AvgIpc) is 2.12. The van der Waals surface area contributed by atoms with Crippen LogP contribution in [0.2, 0.25) is 0 Å². The van der Waals surface area contributed by atoms with Gasteiger partial charge in [-0.05, 0) is 0 Å². The van der Waals surface area contributed by atoms with Gasteiger partial charge in [-0.1, -0.05) is 12.2 Å². The summed E-state index contributed by atoms with van der Waals surface area (Å²) in [6.45, 7) is 0. The van der Waals surface area contributed by atoms with Crippen molar-refractivity contribution in [3.05, 3.63) is 16.6 Å². The van der Waals surface area contributed by atoms with Gasteiger partial charge in [-0.25, -0.2) is 4.98 Å². The van der Waals surface area contributed by atoms with Gasteiger partial charge >= 0.3 is 0 Å². The van der Waals surface area contributed by atoms with Crippen LogP contribution in [0.1, 0.15) is 5.01 Å². The molecule has 1 heterocycles. The lowest BCUT2D eigenvalue weighted by molar-refractivity contribution is 1.39. The Morgan fingerprint density at radius 1 is 1.88 bits per heavy atom. The van der Waals surface area contributed by atoms with Crippen molar-refractivity contribution in [2.45, 2.75) is 0 Å². The van der Waals surface area contributed by atoms with Crippen LogP contribution in [-0.4, -0.2) is 9.97 Å². The number of hydrogen-bond donors (Lipinski definition) is 1. The monoisotopic (exact) mass is 144 g/mol. The molecular formula is C4H4N2S2. The highest BCUT2D eigenvalue weighted by atomic mass is 32.1. The Balaban J connectivity index is 2.93. The second-order valence-corrected chi connectivity index (χ2v) is 2.54. The summed E-state index contributed by atoms with van der Waals surface area (Å²) in [5.74, 6) is 0. The molecule has 0 bridgehead atoms. The number of nitrogens with zero attached hydrogens (tertiary/aromatic N) is 1. The fourth-order valence-electron chi connectivity index (χ4n) is 0.345. The van der Waals surface area contributed by atoms with Gasteiger partial charge in [0.15, 0.2) is 0 Å². The molecule has 0 fully saturated rings. The zero-order chi connectivity index (χ0) is 5.98. The first kappa shape index (κ1) is 5.65. The minimum Gasteiger partial charge on any atom is -0.387 e. The lowest BCUT2D eigenvalue weighted by Gasteiger charge is -1.83. The van der Waals surface area contributed by atoms with Crippen LogP contribution in [0.25, 0.3) is 0 Å². The average molecular weight is 144 g/mol. The summed E-state index contributed by atoms with van der Waals surface area (Å²) in [5.41, 5.74) is 5.24. The number of hydrogen-bond acceptors (Lipinski definition) is 3. The van der Waals surface area contributed by atoms with Gasteiger partial charge in [-0.2, -0.15) is 0 Å². The van der Waals surface area contributed by atoms with Gasteiger partial charge in [0, 0.05) is 11.6 Å². The SMILES string of the molecule is NC(=S)c1nccs1. The molecular weight excluding hydrogens is 140 g/mol. The molecule has 2 N–H and O–H groups in total. The predicted octanol–water partition coefficient (Wildman–Crippen LogP) is 0.777. The Bertz CT molecular complexity index is 180. The van der Waals surface area contributed by atoms with E-state index >= 15 is 0 Å². The Morgan fingerprint density at radius 2 is 2.62 bits per heavy atom. The summed E-state index contributed by atoms with van der Waals surface area (Å²) in [6, 6.07) is 0. The summed E-state index contributed by atoms with van der Waals surface area (Å²) in [7, 11) is 0. The maximum atomic E-state index is 5.24. The summed E-state index contributed by atoms with van der Waals surface area (Å²) < 4.78 is 0. The third-order valence-corrected chi connectivity index (χ3v) is 1.77. The van der Waals surface area contributed by atoms with Crippen LogP contribution < -0.4 is 5.73 Å². The number of nitrogens with two attached hydrogens (primary N) is 1. The van der Waals surface area contributed by atoms with Gasteiger partial charge in [0.25, 0.3) is 0 Å².